The second-order valence-corrected chi connectivity index (χ2v) is 9.95. The smallest absolute Gasteiger partial charge is 0.410 e. The van der Waals surface area contributed by atoms with E-state index in [9.17, 15) is 18.0 Å². The van der Waals surface area contributed by atoms with Crippen molar-refractivity contribution in [1.29, 1.82) is 5.26 Å². The molecule has 1 N–H and O–H groups in total. The molecule has 4 rings (SSSR count). The molecule has 0 unspecified atom stereocenters. The zero-order valence-electron chi connectivity index (χ0n) is 16.6. The molecule has 1 saturated carbocycles. The Morgan fingerprint density at radius 2 is 1.68 bits per heavy atom. The lowest BCUT2D eigenvalue weighted by Crippen LogP contribution is -2.43. The van der Waals surface area contributed by atoms with E-state index in [0.29, 0.717) is 18.4 Å². The number of carbonyl (C=O) groups is 2. The van der Waals surface area contributed by atoms with Gasteiger partial charge < -0.3 is 15.0 Å². The van der Waals surface area contributed by atoms with Crippen molar-refractivity contribution in [3.05, 3.63) is 66.2 Å². The van der Waals surface area contributed by atoms with Crippen LogP contribution in [0.2, 0.25) is 0 Å². The van der Waals surface area contributed by atoms with Crippen molar-refractivity contribution in [1.82, 2.24) is 10.2 Å². The minimum absolute atomic E-state index is 0.0528. The Labute approximate surface area is 180 Å². The van der Waals surface area contributed by atoms with E-state index in [-0.39, 0.29) is 17.9 Å². The number of likely N-dealkylation sites (tertiary alicyclic amines) is 1. The molecule has 2 aromatic carbocycles. The van der Waals surface area contributed by atoms with E-state index in [0.717, 1.165) is 0 Å². The first-order valence-electron chi connectivity index (χ1n) is 9.90. The summed E-state index contributed by atoms with van der Waals surface area (Å²) >= 11 is 0. The van der Waals surface area contributed by atoms with Crippen molar-refractivity contribution in [2.45, 2.75) is 41.2 Å². The first kappa shape index (κ1) is 20.9. The van der Waals surface area contributed by atoms with Crippen LogP contribution in [-0.4, -0.2) is 48.9 Å². The van der Waals surface area contributed by atoms with Crippen molar-refractivity contribution < 1.29 is 22.7 Å². The van der Waals surface area contributed by atoms with Gasteiger partial charge in [-0.25, -0.2) is 13.2 Å². The van der Waals surface area contributed by atoms with E-state index in [1.54, 1.807) is 48.5 Å². The Balaban J connectivity index is 1.58. The minimum atomic E-state index is -3.74. The Morgan fingerprint density at radius 3 is 2.26 bits per heavy atom. The Morgan fingerprint density at radius 1 is 1.06 bits per heavy atom. The summed E-state index contributed by atoms with van der Waals surface area (Å²) in [5, 5.41) is 10.8. The van der Waals surface area contributed by atoms with Gasteiger partial charge in [0.25, 0.3) is 5.91 Å². The largest absolute Gasteiger partial charge is 0.425 e. The molecule has 2 amide bonds. The van der Waals surface area contributed by atoms with Crippen LogP contribution in [0.3, 0.4) is 0 Å². The monoisotopic (exact) mass is 439 g/mol. The van der Waals surface area contributed by atoms with Crippen LogP contribution in [0.4, 0.5) is 4.79 Å². The molecule has 1 saturated heterocycles. The Bertz CT molecular complexity index is 1120. The quantitative estimate of drug-likeness (QED) is 0.765. The predicted octanol–water partition coefficient (Wildman–Crippen LogP) is 2.48. The minimum Gasteiger partial charge on any atom is -0.425 e. The average Bonchev–Trinajstić information content (AvgIpc) is 3.43. The second-order valence-electron chi connectivity index (χ2n) is 7.72. The molecule has 2 aliphatic rings. The van der Waals surface area contributed by atoms with Crippen LogP contribution in [0, 0.1) is 11.3 Å². The fraction of sp³-hybridized carbons (Fsp3) is 0.318. The molecule has 2 fully saturated rings. The number of benzene rings is 2. The van der Waals surface area contributed by atoms with Crippen LogP contribution < -0.4 is 5.32 Å². The number of alkyl carbamates (subject to hydrolysis) is 1. The molecule has 0 bridgehead atoms. The number of amides is 2. The van der Waals surface area contributed by atoms with E-state index >= 15 is 0 Å². The number of nitrogens with zero attached hydrogens (tertiary/aromatic N) is 2. The van der Waals surface area contributed by atoms with Crippen LogP contribution in [0.15, 0.2) is 65.6 Å². The van der Waals surface area contributed by atoms with Gasteiger partial charge in [0.1, 0.15) is 5.54 Å². The summed E-state index contributed by atoms with van der Waals surface area (Å²) in [5.74, 6) is -0.425. The third-order valence-corrected chi connectivity index (χ3v) is 7.70. The van der Waals surface area contributed by atoms with Gasteiger partial charge >= 0.3 is 6.09 Å². The van der Waals surface area contributed by atoms with Gasteiger partial charge in [-0.3, -0.25) is 4.79 Å². The summed E-state index contributed by atoms with van der Waals surface area (Å²) in [7, 11) is -3.74. The maximum absolute atomic E-state index is 13.1. The van der Waals surface area contributed by atoms with Gasteiger partial charge in [0.15, 0.2) is 16.1 Å². The van der Waals surface area contributed by atoms with E-state index in [1.165, 1.54) is 17.0 Å². The van der Waals surface area contributed by atoms with Crippen LogP contribution in [0.1, 0.15) is 29.6 Å². The highest BCUT2D eigenvalue weighted by molar-refractivity contribution is 7.92. The number of nitrogens with one attached hydrogen (secondary N) is 1. The molecular weight excluding hydrogens is 418 g/mol. The van der Waals surface area contributed by atoms with Crippen LogP contribution in [-0.2, 0) is 14.6 Å². The summed E-state index contributed by atoms with van der Waals surface area (Å²) in [5.41, 5.74) is -0.565. The Hall–Kier alpha value is -3.38. The zero-order chi connectivity index (χ0) is 22.1. The molecule has 9 heteroatoms. The van der Waals surface area contributed by atoms with Crippen molar-refractivity contribution >= 4 is 21.8 Å². The van der Waals surface area contributed by atoms with Crippen molar-refractivity contribution in [3.63, 3.8) is 0 Å². The van der Waals surface area contributed by atoms with Gasteiger partial charge in [0, 0.05) is 18.5 Å². The molecule has 1 heterocycles. The van der Waals surface area contributed by atoms with Gasteiger partial charge in [-0.2, -0.15) is 5.26 Å². The fourth-order valence-electron chi connectivity index (χ4n) is 3.60. The van der Waals surface area contributed by atoms with Gasteiger partial charge in [-0.15, -0.1) is 0 Å². The van der Waals surface area contributed by atoms with Crippen molar-refractivity contribution in [3.8, 4) is 6.07 Å². The summed E-state index contributed by atoms with van der Waals surface area (Å²) in [4.78, 5) is 26.9. The first-order valence-corrected chi connectivity index (χ1v) is 11.4. The molecule has 2 atom stereocenters. The molecular formula is C22H21N3O5S. The van der Waals surface area contributed by atoms with Crippen molar-refractivity contribution in [2.24, 2.45) is 0 Å². The molecule has 0 radical (unpaired) electrons. The number of hydrogen-bond acceptors (Lipinski definition) is 6. The Kier molecular flexibility index (Phi) is 5.41. The van der Waals surface area contributed by atoms with Gasteiger partial charge in [-0.1, -0.05) is 36.4 Å². The highest BCUT2D eigenvalue weighted by Gasteiger charge is 2.48. The van der Waals surface area contributed by atoms with Crippen LogP contribution in [0.25, 0.3) is 0 Å². The third kappa shape index (κ3) is 4.25. The van der Waals surface area contributed by atoms with Crippen molar-refractivity contribution in [2.75, 3.05) is 6.54 Å². The fourth-order valence-corrected chi connectivity index (χ4v) is 5.30. The summed E-state index contributed by atoms with van der Waals surface area (Å²) in [6.07, 6.45) is -0.900. The SMILES string of the molecule is N#CC1(NC(=O)O[C@H]2C[C@@H](S(=O)(=O)c3ccccc3)CN2C(=O)c2ccccc2)CC1. The highest BCUT2D eigenvalue weighted by Crippen LogP contribution is 2.35. The molecule has 0 aromatic heterocycles. The molecule has 8 nitrogen and oxygen atoms in total. The van der Waals surface area contributed by atoms with E-state index in [1.807, 2.05) is 6.07 Å². The highest BCUT2D eigenvalue weighted by atomic mass is 32.2. The number of rotatable bonds is 5. The lowest BCUT2D eigenvalue weighted by Gasteiger charge is -2.25. The van der Waals surface area contributed by atoms with E-state index < -0.39 is 38.9 Å². The van der Waals surface area contributed by atoms with E-state index in [2.05, 4.69) is 5.32 Å². The lowest BCUT2D eigenvalue weighted by atomic mass is 10.2. The van der Waals surface area contributed by atoms with E-state index in [4.69, 9.17) is 10.00 Å². The van der Waals surface area contributed by atoms with Gasteiger partial charge in [0.05, 0.1) is 16.2 Å². The average molecular weight is 439 g/mol. The normalized spacial score (nSPS) is 21.7. The number of carbonyl (C=O) groups excluding carboxylic acids is 2. The van der Waals surface area contributed by atoms with Crippen LogP contribution in [0.5, 0.6) is 0 Å². The van der Waals surface area contributed by atoms with Crippen LogP contribution >= 0.6 is 0 Å². The zero-order valence-corrected chi connectivity index (χ0v) is 17.4. The number of ether oxygens (including phenoxy) is 1. The summed E-state index contributed by atoms with van der Waals surface area (Å²) in [6, 6.07) is 18.4. The standard InChI is InChI=1S/C22H21N3O5S/c23-15-22(11-12-22)24-21(27)30-19-13-18(31(28,29)17-9-5-2-6-10-17)14-25(19)20(26)16-7-3-1-4-8-16/h1-10,18-19H,11-14H2,(H,24,27)/t18-,19+/m1/s1. The predicted molar refractivity (Wildman–Crippen MR) is 110 cm³/mol. The number of nitriles is 1. The second kappa shape index (κ2) is 8.04. The third-order valence-electron chi connectivity index (χ3n) is 5.55. The lowest BCUT2D eigenvalue weighted by molar-refractivity contribution is 0.0135. The molecule has 1 aliphatic carbocycles. The first-order chi connectivity index (χ1) is 14.8. The summed E-state index contributed by atoms with van der Waals surface area (Å²) in [6.45, 7) is -0.105. The molecule has 1 aliphatic heterocycles. The summed E-state index contributed by atoms with van der Waals surface area (Å²) < 4.78 is 31.7. The molecule has 31 heavy (non-hydrogen) atoms. The topological polar surface area (TPSA) is 117 Å². The molecule has 160 valence electrons. The number of hydrogen-bond donors (Lipinski definition) is 1. The van der Waals surface area contributed by atoms with Gasteiger partial charge in [-0.05, 0) is 37.1 Å². The maximum Gasteiger partial charge on any atom is 0.410 e. The van der Waals surface area contributed by atoms with Gasteiger partial charge in [0.2, 0.25) is 0 Å². The maximum atomic E-state index is 13.1. The molecule has 0 spiro atoms. The number of sulfone groups is 1. The molecule has 2 aromatic rings.